The Balaban J connectivity index is 1.51. The van der Waals surface area contributed by atoms with Crippen LogP contribution in [-0.4, -0.2) is 44.9 Å². The molecule has 9 nitrogen and oxygen atoms in total. The fourth-order valence-electron chi connectivity index (χ4n) is 3.25. The molecule has 184 valence electrons. The second kappa shape index (κ2) is 11.6. The topological polar surface area (TPSA) is 124 Å². The second-order valence-electron chi connectivity index (χ2n) is 7.45. The van der Waals surface area contributed by atoms with E-state index in [2.05, 4.69) is 20.7 Å². The lowest BCUT2D eigenvalue weighted by molar-refractivity contribution is -0.625. The van der Waals surface area contributed by atoms with Gasteiger partial charge in [-0.05, 0) is 91.0 Å². The molecule has 0 spiro atoms. The molecule has 0 unspecified atom stereocenters. The molecule has 0 aliphatic carbocycles. The average molecular weight is 525 g/mol. The van der Waals surface area contributed by atoms with Crippen molar-refractivity contribution in [2.24, 2.45) is 5.10 Å². The van der Waals surface area contributed by atoms with Crippen LogP contribution in [0.2, 0.25) is 5.02 Å². The first-order valence-electron chi connectivity index (χ1n) is 10.9. The van der Waals surface area contributed by atoms with Gasteiger partial charge in [-0.3, -0.25) is 4.79 Å². The molecule has 4 aromatic rings. The van der Waals surface area contributed by atoms with E-state index in [0.717, 1.165) is 22.8 Å². The normalized spacial score (nSPS) is 11.1. The summed E-state index contributed by atoms with van der Waals surface area (Å²) in [5, 5.41) is 31.5. The third-order valence-electron chi connectivity index (χ3n) is 4.93. The number of halogens is 1. The lowest BCUT2D eigenvalue weighted by Gasteiger charge is -2.06. The van der Waals surface area contributed by atoms with Crippen LogP contribution < -0.4 is 14.7 Å². The van der Waals surface area contributed by atoms with Crippen LogP contribution in [0.15, 0.2) is 77.0 Å². The summed E-state index contributed by atoms with van der Waals surface area (Å²) in [5.74, 6) is 0.699. The summed E-state index contributed by atoms with van der Waals surface area (Å²) in [4.78, 5) is 12.4. The zero-order valence-electron chi connectivity index (χ0n) is 19.2. The van der Waals surface area contributed by atoms with E-state index in [-0.39, 0.29) is 23.2 Å². The molecule has 0 aliphatic rings. The van der Waals surface area contributed by atoms with Crippen LogP contribution in [0.3, 0.4) is 0 Å². The molecule has 1 amide bonds. The number of phenols is 2. The highest BCUT2D eigenvalue weighted by Crippen LogP contribution is 2.24. The minimum Gasteiger partial charge on any atom is -0.504 e. The summed E-state index contributed by atoms with van der Waals surface area (Å²) in [6, 6.07) is 19.2. The van der Waals surface area contributed by atoms with Crippen LogP contribution in [0.5, 0.6) is 17.2 Å². The first-order chi connectivity index (χ1) is 17.4. The average Bonchev–Trinajstić information content (AvgIpc) is 3.30. The number of hydrogen-bond acceptors (Lipinski definition) is 7. The fraction of sp³-hybridized carbons (Fsp3) is 0.120. The largest absolute Gasteiger partial charge is 0.504 e. The Morgan fingerprint density at radius 1 is 1.14 bits per heavy atom. The maximum Gasteiger partial charge on any atom is 0.342 e. The summed E-state index contributed by atoms with van der Waals surface area (Å²) < 4.78 is 7.47. The van der Waals surface area contributed by atoms with Gasteiger partial charge in [0.15, 0.2) is 11.5 Å². The molecule has 0 saturated carbocycles. The van der Waals surface area contributed by atoms with E-state index in [1.165, 1.54) is 30.1 Å². The highest BCUT2D eigenvalue weighted by molar-refractivity contribution is 7.99. The maximum absolute atomic E-state index is 12.4. The number of nitrogens with zero attached hydrogens (tertiary/aromatic N) is 3. The number of nitrogens with one attached hydrogen (secondary N) is 2. The molecule has 36 heavy (non-hydrogen) atoms. The van der Waals surface area contributed by atoms with Gasteiger partial charge < -0.3 is 14.9 Å². The van der Waals surface area contributed by atoms with Gasteiger partial charge in [-0.15, -0.1) is 5.10 Å². The number of amides is 1. The molecular weight excluding hydrogens is 502 g/mol. The third-order valence-corrected chi connectivity index (χ3v) is 6.12. The minimum atomic E-state index is -0.339. The van der Waals surface area contributed by atoms with E-state index in [0.29, 0.717) is 22.3 Å². The summed E-state index contributed by atoms with van der Waals surface area (Å²) in [6.07, 6.45) is 1.37. The van der Waals surface area contributed by atoms with Gasteiger partial charge >= 0.3 is 5.16 Å². The third kappa shape index (κ3) is 6.15. The van der Waals surface area contributed by atoms with Gasteiger partial charge in [-0.25, -0.2) is 5.43 Å². The van der Waals surface area contributed by atoms with Crippen molar-refractivity contribution < 1.29 is 24.3 Å². The van der Waals surface area contributed by atoms with Crippen LogP contribution in [0, 0.1) is 0 Å². The molecule has 0 radical (unpaired) electrons. The fourth-order valence-corrected chi connectivity index (χ4v) is 4.14. The number of hydrogen-bond donors (Lipinski definition) is 4. The molecule has 1 aromatic heterocycles. The van der Waals surface area contributed by atoms with Crippen molar-refractivity contribution in [2.45, 2.75) is 12.1 Å². The number of aromatic nitrogens is 3. The van der Waals surface area contributed by atoms with Crippen molar-refractivity contribution >= 4 is 35.5 Å². The van der Waals surface area contributed by atoms with Crippen LogP contribution in [-0.2, 0) is 4.79 Å². The Morgan fingerprint density at radius 2 is 1.89 bits per heavy atom. The highest BCUT2D eigenvalue weighted by Gasteiger charge is 2.24. The maximum atomic E-state index is 12.4. The molecule has 0 bridgehead atoms. The number of H-pyrrole nitrogens is 1. The summed E-state index contributed by atoms with van der Waals surface area (Å²) in [6.45, 7) is 2.50. The van der Waals surface area contributed by atoms with Crippen molar-refractivity contribution in [1.82, 2.24) is 15.6 Å². The number of aromatic hydroxyl groups is 2. The Bertz CT molecular complexity index is 1370. The lowest BCUT2D eigenvalue weighted by atomic mass is 10.2. The summed E-state index contributed by atoms with van der Waals surface area (Å²) >= 11 is 7.30. The Labute approximate surface area is 216 Å². The predicted molar refractivity (Wildman–Crippen MR) is 138 cm³/mol. The molecule has 0 aliphatic heterocycles. The van der Waals surface area contributed by atoms with Crippen molar-refractivity contribution in [3.05, 3.63) is 77.3 Å². The minimum absolute atomic E-state index is 0.0557. The van der Waals surface area contributed by atoms with Crippen molar-refractivity contribution in [3.63, 3.8) is 0 Å². The number of aromatic amines is 1. The first-order valence-corrected chi connectivity index (χ1v) is 12.3. The second-order valence-corrected chi connectivity index (χ2v) is 8.83. The molecule has 3 aromatic carbocycles. The van der Waals surface area contributed by atoms with Crippen molar-refractivity contribution in [1.29, 1.82) is 0 Å². The van der Waals surface area contributed by atoms with Crippen molar-refractivity contribution in [3.8, 4) is 34.3 Å². The molecule has 4 rings (SSSR count). The number of rotatable bonds is 9. The number of benzene rings is 3. The summed E-state index contributed by atoms with van der Waals surface area (Å²) in [7, 11) is 0. The van der Waals surface area contributed by atoms with Crippen LogP contribution in [0.1, 0.15) is 12.5 Å². The number of ether oxygens (including phenoxy) is 1. The van der Waals surface area contributed by atoms with E-state index in [1.807, 2.05) is 47.9 Å². The van der Waals surface area contributed by atoms with E-state index in [1.54, 1.807) is 18.2 Å². The monoisotopic (exact) mass is 524 g/mol. The number of phenolic OH excluding ortho intramolecular Hbond substituents is 2. The standard InChI is InChI=1S/C25H22ClN5O4S/c1-2-35-20-10-8-19(9-11-20)31-24(17-4-6-18(26)7-5-17)29-30-25(31)36-15-23(34)28-27-14-16-3-12-21(32)22(33)13-16/h3-14H,2,15H2,1H3,(H3,27,28,32,33,34)/p+1. The quantitative estimate of drug-likeness (QED) is 0.0860. The number of hydrazone groups is 1. The SMILES string of the molecule is CCOc1ccc(-[n+]2c(SCC(=O)N/N=C/c3ccc(O)c(O)c3)n[nH]c2-c2ccc(Cl)cc2)cc1. The smallest absolute Gasteiger partial charge is 0.342 e. The number of thioether (sulfide) groups is 1. The predicted octanol–water partition coefficient (Wildman–Crippen LogP) is 4.06. The van der Waals surface area contributed by atoms with Crippen molar-refractivity contribution in [2.75, 3.05) is 12.4 Å². The van der Waals surface area contributed by atoms with Gasteiger partial charge in [0, 0.05) is 5.02 Å². The Morgan fingerprint density at radius 3 is 2.58 bits per heavy atom. The van der Waals surface area contributed by atoms with Gasteiger partial charge in [0.2, 0.25) is 0 Å². The highest BCUT2D eigenvalue weighted by atomic mass is 35.5. The van der Waals surface area contributed by atoms with Gasteiger partial charge in [-0.2, -0.15) is 9.67 Å². The van der Waals surface area contributed by atoms with E-state index < -0.39 is 0 Å². The van der Waals surface area contributed by atoms with E-state index in [9.17, 15) is 15.0 Å². The van der Waals surface area contributed by atoms with Crippen LogP contribution in [0.25, 0.3) is 17.1 Å². The van der Waals surface area contributed by atoms with Gasteiger partial charge in [0.1, 0.15) is 11.4 Å². The van der Waals surface area contributed by atoms with Gasteiger partial charge in [0.05, 0.1) is 29.2 Å². The van der Waals surface area contributed by atoms with E-state index in [4.69, 9.17) is 16.3 Å². The molecule has 1 heterocycles. The summed E-state index contributed by atoms with van der Waals surface area (Å²) in [5.41, 5.74) is 4.68. The van der Waals surface area contributed by atoms with Gasteiger partial charge in [0.25, 0.3) is 11.7 Å². The molecule has 11 heteroatoms. The Hall–Kier alpha value is -4.02. The zero-order valence-corrected chi connectivity index (χ0v) is 20.8. The van der Waals surface area contributed by atoms with Crippen LogP contribution >= 0.6 is 23.4 Å². The lowest BCUT2D eigenvalue weighted by Crippen LogP contribution is -2.34. The van der Waals surface area contributed by atoms with Gasteiger partial charge in [-0.1, -0.05) is 11.6 Å². The number of carbonyl (C=O) groups excluding carboxylic acids is 1. The molecule has 0 fully saturated rings. The molecular formula is C25H23ClN5O4S+. The Kier molecular flexibility index (Phi) is 8.09. The van der Waals surface area contributed by atoms with Crippen LogP contribution in [0.4, 0.5) is 0 Å². The first kappa shape index (κ1) is 25.1. The molecule has 0 atom stereocenters. The molecule has 4 N–H and O–H groups in total. The zero-order chi connectivity index (χ0) is 25.5. The van der Waals surface area contributed by atoms with E-state index >= 15 is 0 Å². The molecule has 0 saturated heterocycles. The number of carbonyl (C=O) groups is 1.